The zero-order chi connectivity index (χ0) is 17.6. The second kappa shape index (κ2) is 8.51. The van der Waals surface area contributed by atoms with Crippen LogP contribution in [0.4, 0.5) is 0 Å². The van der Waals surface area contributed by atoms with Crippen LogP contribution in [0.1, 0.15) is 12.8 Å². The van der Waals surface area contributed by atoms with E-state index >= 15 is 0 Å². The highest BCUT2D eigenvalue weighted by Gasteiger charge is 2.34. The summed E-state index contributed by atoms with van der Waals surface area (Å²) in [5.41, 5.74) is 0. The highest BCUT2D eigenvalue weighted by molar-refractivity contribution is 5.69. The molecule has 0 radical (unpaired) electrons. The van der Waals surface area contributed by atoms with Crippen molar-refractivity contribution < 1.29 is 24.5 Å². The molecule has 0 spiro atoms. The molecule has 7 nitrogen and oxygen atoms in total. The van der Waals surface area contributed by atoms with Gasteiger partial charge in [-0.1, -0.05) is 0 Å². The van der Waals surface area contributed by atoms with Crippen molar-refractivity contribution in [3.8, 4) is 11.5 Å². The Morgan fingerprint density at radius 1 is 1.12 bits per heavy atom. The summed E-state index contributed by atoms with van der Waals surface area (Å²) in [6.45, 7) is 4.81. The molecule has 0 amide bonds. The number of nitrogens with zero attached hydrogens (tertiary/aromatic N) is 2. The van der Waals surface area contributed by atoms with Gasteiger partial charge in [0, 0.05) is 32.2 Å². The fourth-order valence-electron chi connectivity index (χ4n) is 3.42. The van der Waals surface area contributed by atoms with Crippen LogP contribution in [0, 0.1) is 0 Å². The lowest BCUT2D eigenvalue weighted by atomic mass is 9.98. The molecule has 2 heterocycles. The van der Waals surface area contributed by atoms with Crippen LogP contribution in [0.15, 0.2) is 24.3 Å². The molecular formula is C18H26N2O5. The van der Waals surface area contributed by atoms with E-state index in [0.717, 1.165) is 44.8 Å². The first-order valence-corrected chi connectivity index (χ1v) is 8.82. The minimum absolute atomic E-state index is 0.152. The number of benzene rings is 1. The van der Waals surface area contributed by atoms with Crippen LogP contribution >= 0.6 is 0 Å². The van der Waals surface area contributed by atoms with Gasteiger partial charge >= 0.3 is 5.97 Å². The van der Waals surface area contributed by atoms with E-state index in [1.54, 1.807) is 24.3 Å². The number of rotatable bonds is 8. The van der Waals surface area contributed by atoms with Gasteiger partial charge in [0.25, 0.3) is 0 Å². The molecule has 0 bridgehead atoms. The van der Waals surface area contributed by atoms with Crippen molar-refractivity contribution in [1.29, 1.82) is 0 Å². The van der Waals surface area contributed by atoms with Crippen molar-refractivity contribution in [2.24, 2.45) is 0 Å². The lowest BCUT2D eigenvalue weighted by molar-refractivity contribution is -0.139. The van der Waals surface area contributed by atoms with Crippen molar-refractivity contribution in [3.63, 3.8) is 0 Å². The largest absolute Gasteiger partial charge is 0.508 e. The Hall–Kier alpha value is -1.83. The number of aromatic hydroxyl groups is 1. The predicted octanol–water partition coefficient (Wildman–Crippen LogP) is 1.02. The van der Waals surface area contributed by atoms with Crippen molar-refractivity contribution in [2.75, 3.05) is 45.9 Å². The number of carboxylic acid groups (broad SMARTS) is 1. The van der Waals surface area contributed by atoms with E-state index in [1.165, 1.54) is 0 Å². The van der Waals surface area contributed by atoms with Crippen LogP contribution in [0.2, 0.25) is 0 Å². The van der Waals surface area contributed by atoms with Gasteiger partial charge in [-0.3, -0.25) is 14.6 Å². The van der Waals surface area contributed by atoms with Crippen molar-refractivity contribution >= 4 is 5.97 Å². The third kappa shape index (κ3) is 5.32. The number of hydrogen-bond acceptors (Lipinski definition) is 6. The number of carbonyl (C=O) groups is 1. The van der Waals surface area contributed by atoms with Gasteiger partial charge < -0.3 is 19.7 Å². The van der Waals surface area contributed by atoms with E-state index in [4.69, 9.17) is 14.6 Å². The molecule has 7 heteroatoms. The fraction of sp³-hybridized carbons (Fsp3) is 0.611. The number of ether oxygens (including phenoxy) is 2. The predicted molar refractivity (Wildman–Crippen MR) is 92.0 cm³/mol. The van der Waals surface area contributed by atoms with Gasteiger partial charge in [-0.05, 0) is 37.1 Å². The van der Waals surface area contributed by atoms with E-state index in [0.29, 0.717) is 19.3 Å². The number of phenolic OH excluding ortho intramolecular Hbond substituents is 1. The molecule has 2 fully saturated rings. The SMILES string of the molecule is O=C(O)CN1CCC(N2CC(OCCOc3ccc(O)cc3)C2)CC1. The van der Waals surface area contributed by atoms with E-state index in [9.17, 15) is 9.90 Å². The Morgan fingerprint density at radius 2 is 1.80 bits per heavy atom. The summed E-state index contributed by atoms with van der Waals surface area (Å²) in [6.07, 6.45) is 2.33. The normalized spacial score (nSPS) is 20.3. The maximum absolute atomic E-state index is 10.7. The molecule has 2 N–H and O–H groups in total. The Labute approximate surface area is 147 Å². The summed E-state index contributed by atoms with van der Waals surface area (Å²) in [6, 6.07) is 7.22. The second-order valence-electron chi connectivity index (χ2n) is 6.69. The third-order valence-electron chi connectivity index (χ3n) is 4.85. The van der Waals surface area contributed by atoms with E-state index < -0.39 is 5.97 Å². The minimum Gasteiger partial charge on any atom is -0.508 e. The van der Waals surface area contributed by atoms with Crippen molar-refractivity contribution in [1.82, 2.24) is 9.80 Å². The molecule has 0 saturated carbocycles. The lowest BCUT2D eigenvalue weighted by Gasteiger charge is -2.46. The summed E-state index contributed by atoms with van der Waals surface area (Å²) >= 11 is 0. The molecule has 0 aromatic heterocycles. The van der Waals surface area contributed by atoms with Crippen LogP contribution in [0.3, 0.4) is 0 Å². The number of aliphatic carboxylic acids is 1. The molecule has 0 aliphatic carbocycles. The van der Waals surface area contributed by atoms with Gasteiger partial charge in [0.2, 0.25) is 0 Å². The standard InChI is InChI=1S/C18H26N2O5/c21-15-1-3-16(4-2-15)24-9-10-25-17-11-20(12-17)14-5-7-19(8-6-14)13-18(22)23/h1-4,14,17,21H,5-13H2,(H,22,23). The molecule has 1 aromatic rings. The molecule has 0 unspecified atom stereocenters. The molecule has 2 aliphatic rings. The monoisotopic (exact) mass is 350 g/mol. The Balaban J connectivity index is 1.25. The molecule has 1 aromatic carbocycles. The molecule has 3 rings (SSSR count). The fourth-order valence-corrected chi connectivity index (χ4v) is 3.42. The molecule has 0 atom stereocenters. The highest BCUT2D eigenvalue weighted by Crippen LogP contribution is 2.23. The van der Waals surface area contributed by atoms with Gasteiger partial charge in [-0.2, -0.15) is 0 Å². The minimum atomic E-state index is -0.745. The zero-order valence-electron chi connectivity index (χ0n) is 14.3. The molecule has 25 heavy (non-hydrogen) atoms. The lowest BCUT2D eigenvalue weighted by Crippen LogP contribution is -2.59. The van der Waals surface area contributed by atoms with Gasteiger partial charge in [0.15, 0.2) is 0 Å². The summed E-state index contributed by atoms with van der Waals surface area (Å²) in [5.74, 6) is 0.210. The van der Waals surface area contributed by atoms with Crippen molar-refractivity contribution in [3.05, 3.63) is 24.3 Å². The number of likely N-dealkylation sites (tertiary alicyclic amines) is 2. The summed E-state index contributed by atoms with van der Waals surface area (Å²) in [4.78, 5) is 15.2. The molecule has 2 aliphatic heterocycles. The van der Waals surface area contributed by atoms with Crippen LogP contribution in [0.25, 0.3) is 0 Å². The first-order chi connectivity index (χ1) is 12.1. The molecular weight excluding hydrogens is 324 g/mol. The van der Waals surface area contributed by atoms with Gasteiger partial charge in [0.05, 0.1) is 19.3 Å². The maximum atomic E-state index is 10.7. The van der Waals surface area contributed by atoms with Gasteiger partial charge in [-0.15, -0.1) is 0 Å². The highest BCUT2D eigenvalue weighted by atomic mass is 16.5. The Kier molecular flexibility index (Phi) is 6.12. The average molecular weight is 350 g/mol. The van der Waals surface area contributed by atoms with Crippen LogP contribution in [-0.2, 0) is 9.53 Å². The average Bonchev–Trinajstić information content (AvgIpc) is 2.55. The van der Waals surface area contributed by atoms with Crippen molar-refractivity contribution in [2.45, 2.75) is 25.0 Å². The van der Waals surface area contributed by atoms with Gasteiger partial charge in [-0.25, -0.2) is 0 Å². The van der Waals surface area contributed by atoms with Crippen LogP contribution in [-0.4, -0.2) is 84.1 Å². The maximum Gasteiger partial charge on any atom is 0.317 e. The van der Waals surface area contributed by atoms with E-state index in [1.807, 2.05) is 4.90 Å². The summed E-state index contributed by atoms with van der Waals surface area (Å²) in [5, 5.41) is 18.0. The first-order valence-electron chi connectivity index (χ1n) is 8.82. The summed E-state index contributed by atoms with van der Waals surface area (Å²) in [7, 11) is 0. The first kappa shape index (κ1) is 18.0. The number of hydrogen-bond donors (Lipinski definition) is 2. The van der Waals surface area contributed by atoms with Crippen LogP contribution in [0.5, 0.6) is 11.5 Å². The Morgan fingerprint density at radius 3 is 2.44 bits per heavy atom. The number of phenols is 1. The van der Waals surface area contributed by atoms with Crippen LogP contribution < -0.4 is 4.74 Å². The summed E-state index contributed by atoms with van der Waals surface area (Å²) < 4.78 is 11.4. The van der Waals surface area contributed by atoms with E-state index in [-0.39, 0.29) is 18.4 Å². The second-order valence-corrected chi connectivity index (χ2v) is 6.69. The number of piperidine rings is 1. The van der Waals surface area contributed by atoms with Gasteiger partial charge in [0.1, 0.15) is 18.1 Å². The zero-order valence-corrected chi connectivity index (χ0v) is 14.3. The quantitative estimate of drug-likeness (QED) is 0.677. The third-order valence-corrected chi connectivity index (χ3v) is 4.85. The molecule has 138 valence electrons. The number of carboxylic acids is 1. The van der Waals surface area contributed by atoms with E-state index in [2.05, 4.69) is 4.90 Å². The Bertz CT molecular complexity index is 551. The molecule has 2 saturated heterocycles. The topological polar surface area (TPSA) is 82.5 Å². The smallest absolute Gasteiger partial charge is 0.317 e.